The summed E-state index contributed by atoms with van der Waals surface area (Å²) in [6, 6.07) is 9.15. The zero-order valence-corrected chi connectivity index (χ0v) is 17.7. The van der Waals surface area contributed by atoms with E-state index in [0.29, 0.717) is 27.5 Å². The molecule has 0 heterocycles. The Bertz CT molecular complexity index is 999. The summed E-state index contributed by atoms with van der Waals surface area (Å²) >= 11 is 6.48. The van der Waals surface area contributed by atoms with Gasteiger partial charge in [0.05, 0.1) is 17.5 Å². The van der Waals surface area contributed by atoms with E-state index in [1.807, 2.05) is 18.2 Å². The highest BCUT2D eigenvalue weighted by Gasteiger charge is 2.37. The molecule has 29 heavy (non-hydrogen) atoms. The Labute approximate surface area is 175 Å². The average molecular weight is 413 g/mol. The second-order valence-electron chi connectivity index (χ2n) is 9.04. The minimum atomic E-state index is -0.919. The van der Waals surface area contributed by atoms with E-state index < -0.39 is 11.9 Å². The quantitative estimate of drug-likeness (QED) is 0.697. The summed E-state index contributed by atoms with van der Waals surface area (Å²) in [6.45, 7) is 6.30. The summed E-state index contributed by atoms with van der Waals surface area (Å²) in [7, 11) is 0. The molecule has 1 atom stereocenters. The normalized spacial score (nSPS) is 18.6. The van der Waals surface area contributed by atoms with Crippen molar-refractivity contribution in [3.63, 3.8) is 0 Å². The molecule has 4 nitrogen and oxygen atoms in total. The van der Waals surface area contributed by atoms with E-state index in [0.717, 1.165) is 30.4 Å². The van der Waals surface area contributed by atoms with Crippen molar-refractivity contribution in [2.75, 3.05) is 0 Å². The van der Waals surface area contributed by atoms with Crippen LogP contribution in [0.3, 0.4) is 0 Å². The van der Waals surface area contributed by atoms with Gasteiger partial charge < -0.3 is 9.84 Å². The minimum Gasteiger partial charge on any atom is -0.489 e. The third-order valence-electron chi connectivity index (χ3n) is 5.99. The van der Waals surface area contributed by atoms with Crippen LogP contribution in [0.15, 0.2) is 30.3 Å². The van der Waals surface area contributed by atoms with Gasteiger partial charge in [0.25, 0.3) is 0 Å². The van der Waals surface area contributed by atoms with Crippen LogP contribution < -0.4 is 4.74 Å². The number of ketones is 1. The molecule has 1 N–H and O–H groups in total. The molecule has 152 valence electrons. The minimum absolute atomic E-state index is 0.0712. The number of fused-ring (bicyclic) bond motifs is 2. The van der Waals surface area contributed by atoms with Gasteiger partial charge in [0.2, 0.25) is 0 Å². The molecular weight excluding hydrogens is 388 g/mol. The Balaban J connectivity index is 1.93. The average Bonchev–Trinajstić information content (AvgIpc) is 2.61. The van der Waals surface area contributed by atoms with Crippen molar-refractivity contribution in [2.45, 2.75) is 63.9 Å². The number of halogens is 1. The van der Waals surface area contributed by atoms with Crippen LogP contribution in [0.5, 0.6) is 5.75 Å². The number of carboxylic acids is 1. The van der Waals surface area contributed by atoms with Crippen LogP contribution in [-0.4, -0.2) is 23.0 Å². The second-order valence-corrected chi connectivity index (χ2v) is 9.45. The standard InChI is InChI=1S/C24H25ClO4/c1-24(2,3)13-7-8-15-17(11-13)18(12-20(26)27)21-16(22(15)28)9-10-19(25)23(21)29-14-5-4-6-14/h7-11,14,18H,4-6,12H2,1-3H3,(H,26,27). The van der Waals surface area contributed by atoms with Crippen LogP contribution in [0.2, 0.25) is 5.02 Å². The van der Waals surface area contributed by atoms with E-state index >= 15 is 0 Å². The molecule has 0 aromatic heterocycles. The fraction of sp³-hybridized carbons (Fsp3) is 0.417. The number of carbonyl (C=O) groups is 2. The number of aliphatic carboxylic acids is 1. The molecule has 4 rings (SSSR count). The van der Waals surface area contributed by atoms with Crippen LogP contribution in [0.25, 0.3) is 0 Å². The second kappa shape index (κ2) is 7.17. The molecule has 2 aliphatic carbocycles. The summed E-state index contributed by atoms with van der Waals surface area (Å²) in [6.07, 6.45) is 2.95. The Morgan fingerprint density at radius 1 is 1.17 bits per heavy atom. The van der Waals surface area contributed by atoms with Crippen molar-refractivity contribution in [2.24, 2.45) is 0 Å². The van der Waals surface area contributed by atoms with Crippen LogP contribution in [0.4, 0.5) is 0 Å². The molecule has 0 radical (unpaired) electrons. The highest BCUT2D eigenvalue weighted by atomic mass is 35.5. The third-order valence-corrected chi connectivity index (χ3v) is 6.29. The maximum Gasteiger partial charge on any atom is 0.304 e. The maximum absolute atomic E-state index is 13.3. The lowest BCUT2D eigenvalue weighted by molar-refractivity contribution is -0.137. The monoisotopic (exact) mass is 412 g/mol. The van der Waals surface area contributed by atoms with Gasteiger partial charge in [-0.15, -0.1) is 0 Å². The molecule has 5 heteroatoms. The highest BCUT2D eigenvalue weighted by Crippen LogP contribution is 2.47. The topological polar surface area (TPSA) is 63.6 Å². The molecule has 0 amide bonds. The first kappa shape index (κ1) is 20.0. The predicted octanol–water partition coefficient (Wildman–Crippen LogP) is 5.72. The molecule has 1 fully saturated rings. The fourth-order valence-corrected chi connectivity index (χ4v) is 4.31. The molecule has 1 saturated carbocycles. The molecule has 2 aromatic rings. The first-order valence-corrected chi connectivity index (χ1v) is 10.4. The van der Waals surface area contributed by atoms with Gasteiger partial charge in [0, 0.05) is 22.6 Å². The number of hydrogen-bond acceptors (Lipinski definition) is 3. The van der Waals surface area contributed by atoms with Gasteiger partial charge in [-0.3, -0.25) is 9.59 Å². The summed E-state index contributed by atoms with van der Waals surface area (Å²) in [5.41, 5.74) is 3.37. The van der Waals surface area contributed by atoms with Gasteiger partial charge in [0.15, 0.2) is 5.78 Å². The number of carbonyl (C=O) groups excluding carboxylic acids is 1. The summed E-state index contributed by atoms with van der Waals surface area (Å²) in [4.78, 5) is 25.1. The SMILES string of the molecule is CC(C)(C)c1ccc2c(c1)C(CC(=O)O)c1c(ccc(Cl)c1OC1CCC1)C2=O. The number of benzene rings is 2. The van der Waals surface area contributed by atoms with E-state index in [-0.39, 0.29) is 23.7 Å². The van der Waals surface area contributed by atoms with Gasteiger partial charge >= 0.3 is 5.97 Å². The molecule has 0 saturated heterocycles. The Morgan fingerprint density at radius 3 is 2.45 bits per heavy atom. The molecule has 0 spiro atoms. The van der Waals surface area contributed by atoms with Crippen molar-refractivity contribution in [1.29, 1.82) is 0 Å². The number of carboxylic acid groups (broad SMARTS) is 1. The zero-order chi connectivity index (χ0) is 20.9. The van der Waals surface area contributed by atoms with E-state index in [4.69, 9.17) is 16.3 Å². The largest absolute Gasteiger partial charge is 0.489 e. The summed E-state index contributed by atoms with van der Waals surface area (Å²) < 4.78 is 6.18. The molecule has 2 aliphatic rings. The molecule has 0 bridgehead atoms. The molecule has 1 unspecified atom stereocenters. The van der Waals surface area contributed by atoms with Crippen molar-refractivity contribution in [3.05, 3.63) is 63.2 Å². The number of hydrogen-bond donors (Lipinski definition) is 1. The Kier molecular flexibility index (Phi) is 4.94. The zero-order valence-electron chi connectivity index (χ0n) is 16.9. The van der Waals surface area contributed by atoms with Gasteiger partial charge in [0.1, 0.15) is 5.75 Å². The van der Waals surface area contributed by atoms with Crippen LogP contribution in [-0.2, 0) is 10.2 Å². The number of ether oxygens (including phenoxy) is 1. The lowest BCUT2D eigenvalue weighted by Gasteiger charge is -2.33. The van der Waals surface area contributed by atoms with Crippen LogP contribution in [0.1, 0.15) is 85.0 Å². The first-order chi connectivity index (χ1) is 13.7. The summed E-state index contributed by atoms with van der Waals surface area (Å²) in [5.74, 6) is -1.03. The molecule has 2 aromatic carbocycles. The molecular formula is C24H25ClO4. The van der Waals surface area contributed by atoms with E-state index in [1.54, 1.807) is 12.1 Å². The Hall–Kier alpha value is -2.33. The smallest absolute Gasteiger partial charge is 0.304 e. The van der Waals surface area contributed by atoms with E-state index in [2.05, 4.69) is 20.8 Å². The van der Waals surface area contributed by atoms with Gasteiger partial charge in [-0.1, -0.05) is 50.6 Å². The van der Waals surface area contributed by atoms with E-state index in [1.165, 1.54) is 0 Å². The first-order valence-electron chi connectivity index (χ1n) is 10.1. The van der Waals surface area contributed by atoms with Crippen molar-refractivity contribution in [1.82, 2.24) is 0 Å². The lowest BCUT2D eigenvalue weighted by atomic mass is 9.73. The van der Waals surface area contributed by atoms with Crippen molar-refractivity contribution < 1.29 is 19.4 Å². The summed E-state index contributed by atoms with van der Waals surface area (Å²) in [5, 5.41) is 10.1. The number of rotatable bonds is 4. The van der Waals surface area contributed by atoms with Gasteiger partial charge in [-0.2, -0.15) is 0 Å². The maximum atomic E-state index is 13.3. The predicted molar refractivity (Wildman–Crippen MR) is 112 cm³/mol. The Morgan fingerprint density at radius 2 is 1.86 bits per heavy atom. The van der Waals surface area contributed by atoms with Crippen molar-refractivity contribution >= 4 is 23.4 Å². The molecule has 0 aliphatic heterocycles. The van der Waals surface area contributed by atoms with Crippen molar-refractivity contribution in [3.8, 4) is 5.75 Å². The van der Waals surface area contributed by atoms with E-state index in [9.17, 15) is 14.7 Å². The van der Waals surface area contributed by atoms with Gasteiger partial charge in [-0.25, -0.2) is 0 Å². The van der Waals surface area contributed by atoms with Crippen LogP contribution in [0, 0.1) is 0 Å². The highest BCUT2D eigenvalue weighted by molar-refractivity contribution is 6.32. The fourth-order valence-electron chi connectivity index (χ4n) is 4.10. The van der Waals surface area contributed by atoms with Crippen LogP contribution >= 0.6 is 11.6 Å². The third kappa shape index (κ3) is 3.55. The van der Waals surface area contributed by atoms with Gasteiger partial charge in [-0.05, 0) is 47.9 Å². The lowest BCUT2D eigenvalue weighted by Crippen LogP contribution is -2.28.